The number of carboxylic acid groups (broad SMARTS) is 1. The first-order chi connectivity index (χ1) is 13.9. The van der Waals surface area contributed by atoms with Crippen molar-refractivity contribution in [3.63, 3.8) is 0 Å². The van der Waals surface area contributed by atoms with E-state index in [2.05, 4.69) is 18.4 Å². The van der Waals surface area contributed by atoms with E-state index in [0.29, 0.717) is 16.0 Å². The fourth-order valence-corrected chi connectivity index (χ4v) is 5.72. The zero-order chi connectivity index (χ0) is 20.7. The summed E-state index contributed by atoms with van der Waals surface area (Å²) in [4.78, 5) is 18.3. The maximum Gasteiger partial charge on any atom is 0.304 e. The van der Waals surface area contributed by atoms with Gasteiger partial charge in [0.25, 0.3) is 0 Å². The number of aliphatic carboxylic acids is 1. The third-order valence-corrected chi connectivity index (χ3v) is 7.54. The van der Waals surface area contributed by atoms with Gasteiger partial charge >= 0.3 is 5.97 Å². The molecule has 2 atom stereocenters. The molecule has 2 aromatic heterocycles. The second-order valence-corrected chi connectivity index (χ2v) is 9.43. The highest BCUT2D eigenvalue weighted by atomic mass is 35.5. The van der Waals surface area contributed by atoms with Gasteiger partial charge in [0.1, 0.15) is 0 Å². The van der Waals surface area contributed by atoms with Crippen LogP contribution in [0.4, 0.5) is 0 Å². The number of hydrogen-bond donors (Lipinski definition) is 1. The zero-order valence-corrected chi connectivity index (χ0v) is 18.6. The summed E-state index contributed by atoms with van der Waals surface area (Å²) in [6.45, 7) is 5.18. The molecule has 4 rings (SSSR count). The molecule has 0 saturated carbocycles. The number of benzene rings is 1. The summed E-state index contributed by atoms with van der Waals surface area (Å²) >= 11 is 14.0. The van der Waals surface area contributed by atoms with Crippen LogP contribution in [0.5, 0.6) is 0 Å². The Morgan fingerprint density at radius 1 is 1.34 bits per heavy atom. The minimum absolute atomic E-state index is 0.00467. The van der Waals surface area contributed by atoms with Gasteiger partial charge in [-0.15, -0.1) is 0 Å². The molecular weight excluding hydrogens is 427 g/mol. The van der Waals surface area contributed by atoms with Crippen molar-refractivity contribution in [3.05, 3.63) is 51.9 Å². The van der Waals surface area contributed by atoms with E-state index in [4.69, 9.17) is 28.2 Å². The van der Waals surface area contributed by atoms with Crippen molar-refractivity contribution in [2.24, 2.45) is 0 Å². The number of aryl methyl sites for hydroxylation is 1. The smallest absolute Gasteiger partial charge is 0.304 e. The van der Waals surface area contributed by atoms with Gasteiger partial charge in [-0.05, 0) is 43.0 Å². The molecule has 0 fully saturated rings. The fourth-order valence-electron chi connectivity index (χ4n) is 4.11. The normalized spacial score (nSPS) is 16.9. The Labute approximate surface area is 184 Å². The van der Waals surface area contributed by atoms with Crippen molar-refractivity contribution in [1.29, 1.82) is 0 Å². The van der Waals surface area contributed by atoms with E-state index in [0.717, 1.165) is 51.5 Å². The Balaban J connectivity index is 1.94. The number of rotatable bonds is 6. The van der Waals surface area contributed by atoms with E-state index < -0.39 is 5.97 Å². The molecule has 0 bridgehead atoms. The summed E-state index contributed by atoms with van der Waals surface area (Å²) < 4.78 is 2.29. The lowest BCUT2D eigenvalue weighted by molar-refractivity contribution is -0.137. The van der Waals surface area contributed by atoms with Crippen molar-refractivity contribution >= 4 is 51.8 Å². The molecule has 3 aromatic rings. The molecule has 4 nitrogen and oxygen atoms in total. The van der Waals surface area contributed by atoms with E-state index in [1.54, 1.807) is 17.8 Å². The molecule has 0 spiro atoms. The van der Waals surface area contributed by atoms with Crippen LogP contribution in [0.15, 0.2) is 40.3 Å². The van der Waals surface area contributed by atoms with E-state index in [1.807, 2.05) is 24.4 Å². The van der Waals surface area contributed by atoms with Crippen LogP contribution in [0, 0.1) is 0 Å². The molecule has 1 N–H and O–H groups in total. The van der Waals surface area contributed by atoms with Crippen molar-refractivity contribution < 1.29 is 9.90 Å². The number of pyridine rings is 1. The van der Waals surface area contributed by atoms with Gasteiger partial charge < -0.3 is 9.67 Å². The summed E-state index contributed by atoms with van der Waals surface area (Å²) in [6.07, 6.45) is 3.84. The average molecular weight is 449 g/mol. The molecule has 0 radical (unpaired) electrons. The van der Waals surface area contributed by atoms with Crippen LogP contribution >= 0.6 is 35.0 Å². The summed E-state index contributed by atoms with van der Waals surface area (Å²) in [6, 6.07) is 7.67. The lowest BCUT2D eigenvalue weighted by Crippen LogP contribution is -2.04. The maximum absolute atomic E-state index is 11.5. The molecule has 152 valence electrons. The summed E-state index contributed by atoms with van der Waals surface area (Å²) in [5, 5.41) is 11.6. The first kappa shape index (κ1) is 20.6. The van der Waals surface area contributed by atoms with Crippen LogP contribution in [-0.4, -0.2) is 20.6 Å². The lowest BCUT2D eigenvalue weighted by Gasteiger charge is -2.14. The van der Waals surface area contributed by atoms with Crippen LogP contribution in [0.3, 0.4) is 0 Å². The number of nitrogens with zero attached hydrogens (tertiary/aromatic N) is 2. The number of hydrogen-bond acceptors (Lipinski definition) is 3. The number of halogens is 2. The van der Waals surface area contributed by atoms with E-state index in [-0.39, 0.29) is 12.3 Å². The van der Waals surface area contributed by atoms with Crippen molar-refractivity contribution in [2.45, 2.75) is 61.3 Å². The highest BCUT2D eigenvalue weighted by molar-refractivity contribution is 7.99. The van der Waals surface area contributed by atoms with Gasteiger partial charge in [-0.2, -0.15) is 0 Å². The van der Waals surface area contributed by atoms with Gasteiger partial charge in [-0.1, -0.05) is 48.8 Å². The molecule has 0 amide bonds. The first-order valence-corrected chi connectivity index (χ1v) is 11.3. The Morgan fingerprint density at radius 2 is 2.14 bits per heavy atom. The largest absolute Gasteiger partial charge is 0.481 e. The number of aromatic nitrogens is 2. The van der Waals surface area contributed by atoms with Gasteiger partial charge in [0.05, 0.1) is 27.7 Å². The van der Waals surface area contributed by atoms with E-state index >= 15 is 0 Å². The second kappa shape index (κ2) is 8.21. The van der Waals surface area contributed by atoms with Crippen molar-refractivity contribution in [2.75, 3.05) is 0 Å². The Hall–Kier alpha value is -1.69. The lowest BCUT2D eigenvalue weighted by atomic mass is 9.97. The predicted molar refractivity (Wildman–Crippen MR) is 119 cm³/mol. The fraction of sp³-hybridized carbons (Fsp3) is 0.364. The molecule has 1 aliphatic rings. The predicted octanol–water partition coefficient (Wildman–Crippen LogP) is 6.97. The van der Waals surface area contributed by atoms with Crippen LogP contribution in [0.25, 0.3) is 10.9 Å². The summed E-state index contributed by atoms with van der Waals surface area (Å²) in [5.74, 6) is -0.456. The highest BCUT2D eigenvalue weighted by Crippen LogP contribution is 2.48. The van der Waals surface area contributed by atoms with E-state index in [1.165, 1.54) is 0 Å². The minimum atomic E-state index is -0.764. The van der Waals surface area contributed by atoms with Crippen LogP contribution in [-0.2, 0) is 11.3 Å². The van der Waals surface area contributed by atoms with Crippen LogP contribution < -0.4 is 0 Å². The van der Waals surface area contributed by atoms with Gasteiger partial charge in [0.2, 0.25) is 0 Å². The standard InChI is InChI=1S/C22H22Cl2N2O2S/c1-3-12(2)20-19-17(6-8-25-20)26-9-7-13(10-18(27)28)21(26)22(19)29-14-4-5-15(23)16(24)11-14/h4-6,8,11-13H,3,7,9-10H2,1-2H3,(H,27,28). The van der Waals surface area contributed by atoms with Gasteiger partial charge in [-0.25, -0.2) is 0 Å². The maximum atomic E-state index is 11.5. The molecule has 0 saturated heterocycles. The van der Waals surface area contributed by atoms with E-state index in [9.17, 15) is 9.90 Å². The molecular formula is C22H22Cl2N2O2S. The van der Waals surface area contributed by atoms with Gasteiger partial charge in [0.15, 0.2) is 0 Å². The Kier molecular flexibility index (Phi) is 5.83. The third kappa shape index (κ3) is 3.76. The summed E-state index contributed by atoms with van der Waals surface area (Å²) in [5.41, 5.74) is 3.32. The van der Waals surface area contributed by atoms with Crippen molar-refractivity contribution in [3.8, 4) is 0 Å². The molecule has 2 unspecified atom stereocenters. The quantitative estimate of drug-likeness (QED) is 0.442. The first-order valence-electron chi connectivity index (χ1n) is 9.76. The molecule has 29 heavy (non-hydrogen) atoms. The molecule has 1 aromatic carbocycles. The Morgan fingerprint density at radius 3 is 2.83 bits per heavy atom. The van der Waals surface area contributed by atoms with Crippen LogP contribution in [0.2, 0.25) is 10.0 Å². The Bertz CT molecular complexity index is 1100. The second-order valence-electron chi connectivity index (χ2n) is 7.53. The van der Waals surface area contributed by atoms with Crippen molar-refractivity contribution in [1.82, 2.24) is 9.55 Å². The molecule has 3 heterocycles. The summed E-state index contributed by atoms with van der Waals surface area (Å²) in [7, 11) is 0. The van der Waals surface area contributed by atoms with Gasteiger partial charge in [0, 0.05) is 39.5 Å². The highest BCUT2D eigenvalue weighted by Gasteiger charge is 2.33. The average Bonchev–Trinajstić information content (AvgIpc) is 3.23. The molecule has 1 aliphatic heterocycles. The monoisotopic (exact) mass is 448 g/mol. The molecule has 7 heteroatoms. The number of fused-ring (bicyclic) bond motifs is 3. The minimum Gasteiger partial charge on any atom is -0.481 e. The number of carboxylic acids is 1. The third-order valence-electron chi connectivity index (χ3n) is 5.70. The molecule has 0 aliphatic carbocycles. The topological polar surface area (TPSA) is 55.1 Å². The number of carbonyl (C=O) groups is 1. The van der Waals surface area contributed by atoms with Crippen LogP contribution in [0.1, 0.15) is 56.3 Å². The SMILES string of the molecule is CCC(C)c1nccc2c1c(Sc1ccc(Cl)c(Cl)c1)c1n2CCC1CC(=O)O. The van der Waals surface area contributed by atoms with Gasteiger partial charge in [-0.3, -0.25) is 9.78 Å². The zero-order valence-electron chi connectivity index (χ0n) is 16.3.